The molecule has 3 rings (SSSR count). The summed E-state index contributed by atoms with van der Waals surface area (Å²) < 4.78 is 0. The Labute approximate surface area is 156 Å². The minimum Gasteiger partial charge on any atom is -0.352 e. The minimum atomic E-state index is 0.204. The second-order valence-corrected chi connectivity index (χ2v) is 6.51. The molecule has 7 heteroatoms. The number of hydrogen-bond acceptors (Lipinski definition) is 5. The monoisotopic (exact) mass is 373 g/mol. The Hall–Kier alpha value is -2.37. The summed E-state index contributed by atoms with van der Waals surface area (Å²) in [6.45, 7) is 4.06. The van der Waals surface area contributed by atoms with Crippen molar-refractivity contribution in [2.45, 2.75) is 19.9 Å². The third-order valence-electron chi connectivity index (χ3n) is 3.33. The van der Waals surface area contributed by atoms with Crippen molar-refractivity contribution in [3.05, 3.63) is 58.8 Å². The molecule has 1 aromatic carbocycles. The van der Waals surface area contributed by atoms with Crippen molar-refractivity contribution in [2.75, 3.05) is 10.6 Å². The lowest BCUT2D eigenvalue weighted by Gasteiger charge is -2.14. The number of rotatable bonds is 5. The van der Waals surface area contributed by atoms with Crippen molar-refractivity contribution in [2.24, 2.45) is 0 Å². The van der Waals surface area contributed by atoms with E-state index < -0.39 is 0 Å². The Kier molecular flexibility index (Phi) is 5.36. The molecule has 2 N–H and O–H groups in total. The number of nitrogens with zero attached hydrogens (tertiary/aromatic N) is 3. The molecule has 5 nitrogen and oxygen atoms in total. The van der Waals surface area contributed by atoms with E-state index in [1.54, 1.807) is 18.5 Å². The summed E-state index contributed by atoms with van der Waals surface area (Å²) in [4.78, 5) is 13.1. The summed E-state index contributed by atoms with van der Waals surface area (Å²) in [7, 11) is 0. The Morgan fingerprint density at radius 2 is 1.76 bits per heavy atom. The smallest absolute Gasteiger partial charge is 0.225 e. The highest BCUT2D eigenvalue weighted by Gasteiger charge is 2.10. The lowest BCUT2D eigenvalue weighted by molar-refractivity contribution is 0.876. The number of pyridine rings is 1. The van der Waals surface area contributed by atoms with Crippen molar-refractivity contribution in [3.63, 3.8) is 0 Å². The molecule has 0 saturated heterocycles. The molecule has 0 amide bonds. The molecule has 0 fully saturated rings. The Balaban J connectivity index is 2.01. The van der Waals surface area contributed by atoms with Crippen LogP contribution < -0.4 is 10.6 Å². The first kappa shape index (κ1) is 17.5. The van der Waals surface area contributed by atoms with E-state index in [-0.39, 0.29) is 6.04 Å². The average molecular weight is 374 g/mol. The van der Waals surface area contributed by atoms with Gasteiger partial charge < -0.3 is 10.6 Å². The third kappa shape index (κ3) is 4.38. The van der Waals surface area contributed by atoms with E-state index in [0.29, 0.717) is 27.5 Å². The molecule has 0 aliphatic heterocycles. The van der Waals surface area contributed by atoms with Crippen LogP contribution in [0.5, 0.6) is 0 Å². The molecular weight excluding hydrogens is 357 g/mol. The van der Waals surface area contributed by atoms with E-state index in [0.717, 1.165) is 11.3 Å². The van der Waals surface area contributed by atoms with Gasteiger partial charge in [-0.25, -0.2) is 4.98 Å². The number of halogens is 2. The zero-order valence-electron chi connectivity index (χ0n) is 13.8. The number of benzene rings is 1. The maximum Gasteiger partial charge on any atom is 0.225 e. The van der Waals surface area contributed by atoms with E-state index >= 15 is 0 Å². The fourth-order valence-electron chi connectivity index (χ4n) is 2.24. The van der Waals surface area contributed by atoms with Crippen molar-refractivity contribution < 1.29 is 0 Å². The summed E-state index contributed by atoms with van der Waals surface area (Å²) in [6, 6.07) is 11.3. The van der Waals surface area contributed by atoms with Crippen LogP contribution in [0.1, 0.15) is 13.8 Å². The van der Waals surface area contributed by atoms with Gasteiger partial charge in [0.05, 0.1) is 21.4 Å². The fourth-order valence-corrected chi connectivity index (χ4v) is 2.59. The van der Waals surface area contributed by atoms with Gasteiger partial charge in [-0.15, -0.1) is 0 Å². The van der Waals surface area contributed by atoms with Gasteiger partial charge in [-0.1, -0.05) is 29.3 Å². The molecule has 0 unspecified atom stereocenters. The van der Waals surface area contributed by atoms with Crippen LogP contribution >= 0.6 is 23.2 Å². The summed E-state index contributed by atoms with van der Waals surface area (Å²) in [5.74, 6) is 1.15. The molecule has 128 valence electrons. The zero-order chi connectivity index (χ0) is 17.8. The standard InChI is InChI=1S/C18H17Cl2N5/c1-11(2)22-18-24-15(12-6-8-21-9-7-12)10-16(25-18)23-14-5-3-4-13(19)17(14)20/h3-11H,1-2H3,(H2,22,23,24,25). The first-order valence-electron chi connectivity index (χ1n) is 7.80. The van der Waals surface area contributed by atoms with Crippen LogP contribution in [0.4, 0.5) is 17.5 Å². The molecule has 0 saturated carbocycles. The number of hydrogen-bond donors (Lipinski definition) is 2. The van der Waals surface area contributed by atoms with E-state index in [9.17, 15) is 0 Å². The molecular formula is C18H17Cl2N5. The topological polar surface area (TPSA) is 62.7 Å². The number of anilines is 3. The summed E-state index contributed by atoms with van der Waals surface area (Å²) in [5, 5.41) is 7.38. The van der Waals surface area contributed by atoms with E-state index in [1.807, 2.05) is 44.2 Å². The molecule has 0 radical (unpaired) electrons. The fraction of sp³-hybridized carbons (Fsp3) is 0.167. The Morgan fingerprint density at radius 3 is 2.48 bits per heavy atom. The zero-order valence-corrected chi connectivity index (χ0v) is 15.3. The maximum atomic E-state index is 6.26. The predicted octanol–water partition coefficient (Wildman–Crippen LogP) is 5.41. The number of aromatic nitrogens is 3. The molecule has 2 aromatic heterocycles. The van der Waals surface area contributed by atoms with Crippen molar-refractivity contribution in [1.82, 2.24) is 15.0 Å². The van der Waals surface area contributed by atoms with Gasteiger partial charge >= 0.3 is 0 Å². The van der Waals surface area contributed by atoms with E-state index in [4.69, 9.17) is 23.2 Å². The van der Waals surface area contributed by atoms with Gasteiger partial charge in [0.25, 0.3) is 0 Å². The summed E-state index contributed by atoms with van der Waals surface area (Å²) in [5.41, 5.74) is 2.41. The highest BCUT2D eigenvalue weighted by molar-refractivity contribution is 6.43. The second-order valence-electron chi connectivity index (χ2n) is 5.72. The van der Waals surface area contributed by atoms with Crippen LogP contribution in [0.3, 0.4) is 0 Å². The molecule has 25 heavy (non-hydrogen) atoms. The first-order valence-corrected chi connectivity index (χ1v) is 8.55. The van der Waals surface area contributed by atoms with E-state index in [2.05, 4.69) is 25.6 Å². The molecule has 0 spiro atoms. The molecule has 0 aliphatic rings. The molecule has 0 aliphatic carbocycles. The lowest BCUT2D eigenvalue weighted by atomic mass is 10.2. The van der Waals surface area contributed by atoms with Gasteiger partial charge in [-0.2, -0.15) is 4.98 Å². The average Bonchev–Trinajstić information content (AvgIpc) is 2.59. The number of nitrogens with one attached hydrogen (secondary N) is 2. The highest BCUT2D eigenvalue weighted by atomic mass is 35.5. The normalized spacial score (nSPS) is 10.8. The molecule has 0 bridgehead atoms. The third-order valence-corrected chi connectivity index (χ3v) is 4.15. The van der Waals surface area contributed by atoms with Crippen molar-refractivity contribution in [3.8, 4) is 11.3 Å². The lowest BCUT2D eigenvalue weighted by Crippen LogP contribution is -2.13. The van der Waals surface area contributed by atoms with Gasteiger partial charge in [-0.3, -0.25) is 4.98 Å². The first-order chi connectivity index (χ1) is 12.0. The SMILES string of the molecule is CC(C)Nc1nc(Nc2cccc(Cl)c2Cl)cc(-c2ccncc2)n1. The van der Waals surface area contributed by atoms with Gasteiger partial charge in [0.15, 0.2) is 0 Å². The van der Waals surface area contributed by atoms with Crippen LogP contribution in [0.15, 0.2) is 48.8 Å². The predicted molar refractivity (Wildman–Crippen MR) is 104 cm³/mol. The highest BCUT2D eigenvalue weighted by Crippen LogP contribution is 2.32. The van der Waals surface area contributed by atoms with Crippen LogP contribution in [0, 0.1) is 0 Å². The molecule has 2 heterocycles. The van der Waals surface area contributed by atoms with Gasteiger partial charge in [0, 0.05) is 30.1 Å². The largest absolute Gasteiger partial charge is 0.352 e. The summed E-state index contributed by atoms with van der Waals surface area (Å²) in [6.07, 6.45) is 3.46. The van der Waals surface area contributed by atoms with Crippen molar-refractivity contribution >= 4 is 40.7 Å². The van der Waals surface area contributed by atoms with Crippen molar-refractivity contribution in [1.29, 1.82) is 0 Å². The maximum absolute atomic E-state index is 6.26. The van der Waals surface area contributed by atoms with Crippen LogP contribution in [-0.2, 0) is 0 Å². The van der Waals surface area contributed by atoms with Crippen LogP contribution in [0.25, 0.3) is 11.3 Å². The minimum absolute atomic E-state index is 0.204. The van der Waals surface area contributed by atoms with Gasteiger partial charge in [0.1, 0.15) is 5.82 Å². The van der Waals surface area contributed by atoms with Gasteiger partial charge in [-0.05, 0) is 38.1 Å². The summed E-state index contributed by atoms with van der Waals surface area (Å²) >= 11 is 12.3. The Bertz CT molecular complexity index is 869. The molecule has 0 atom stereocenters. The molecule has 3 aromatic rings. The van der Waals surface area contributed by atoms with Crippen LogP contribution in [0.2, 0.25) is 10.0 Å². The quantitative estimate of drug-likeness (QED) is 0.625. The van der Waals surface area contributed by atoms with E-state index in [1.165, 1.54) is 0 Å². The van der Waals surface area contributed by atoms with Crippen LogP contribution in [-0.4, -0.2) is 21.0 Å². The van der Waals surface area contributed by atoms with Gasteiger partial charge in [0.2, 0.25) is 5.95 Å². The Morgan fingerprint density at radius 1 is 1.00 bits per heavy atom. The second kappa shape index (κ2) is 7.68.